The van der Waals surface area contributed by atoms with Crippen molar-refractivity contribution in [2.75, 3.05) is 6.54 Å². The van der Waals surface area contributed by atoms with Gasteiger partial charge >= 0.3 is 0 Å². The van der Waals surface area contributed by atoms with E-state index in [4.69, 9.17) is 11.6 Å². The van der Waals surface area contributed by atoms with Crippen LogP contribution in [-0.4, -0.2) is 22.5 Å². The first-order valence-electron chi connectivity index (χ1n) is 4.68. The Bertz CT molecular complexity index is 449. The summed E-state index contributed by atoms with van der Waals surface area (Å²) in [5, 5.41) is 12.3. The van der Waals surface area contributed by atoms with Crippen molar-refractivity contribution in [3.8, 4) is 17.6 Å². The van der Waals surface area contributed by atoms with Gasteiger partial charge in [-0.3, -0.25) is 4.79 Å². The molecule has 0 bridgehead atoms. The maximum atomic E-state index is 10.5. The maximum absolute atomic E-state index is 10.5. The van der Waals surface area contributed by atoms with Crippen molar-refractivity contribution in [1.82, 2.24) is 10.3 Å². The minimum Gasteiger partial charge on any atom is -0.505 e. The van der Waals surface area contributed by atoms with Crippen LogP contribution in [0.2, 0.25) is 5.15 Å². The van der Waals surface area contributed by atoms with Gasteiger partial charge in [-0.15, -0.1) is 0 Å². The average molecular weight is 239 g/mol. The third kappa shape index (κ3) is 4.20. The topological polar surface area (TPSA) is 62.2 Å². The summed E-state index contributed by atoms with van der Waals surface area (Å²) in [6, 6.07) is 2.92. The minimum atomic E-state index is -0.0921. The molecule has 0 aliphatic rings. The highest BCUT2D eigenvalue weighted by molar-refractivity contribution is 6.29. The molecule has 0 radical (unpaired) electrons. The summed E-state index contributed by atoms with van der Waals surface area (Å²) in [6.45, 7) is 1.92. The predicted octanol–water partition coefficient (Wildman–Crippen LogP) is 1.32. The zero-order valence-corrected chi connectivity index (χ0v) is 9.51. The molecule has 1 amide bonds. The molecule has 1 aromatic rings. The highest BCUT2D eigenvalue weighted by Gasteiger charge is 1.99. The molecule has 1 rings (SSSR count). The van der Waals surface area contributed by atoms with Crippen molar-refractivity contribution < 1.29 is 9.90 Å². The smallest absolute Gasteiger partial charge is 0.216 e. The van der Waals surface area contributed by atoms with Gasteiger partial charge in [-0.05, 0) is 18.1 Å². The van der Waals surface area contributed by atoms with E-state index >= 15 is 0 Å². The van der Waals surface area contributed by atoms with Crippen LogP contribution in [0, 0.1) is 11.8 Å². The molecule has 1 heterocycles. The molecular formula is C11H11ClN2O2. The number of carbonyl (C=O) groups is 1. The second-order valence-electron chi connectivity index (χ2n) is 3.04. The fourth-order valence-electron chi connectivity index (χ4n) is 0.967. The number of hydrogen-bond acceptors (Lipinski definition) is 3. The number of halogens is 1. The number of pyridine rings is 1. The Hall–Kier alpha value is -1.73. The number of nitrogens with zero attached hydrogens (tertiary/aromatic N) is 1. The molecular weight excluding hydrogens is 228 g/mol. The lowest BCUT2D eigenvalue weighted by atomic mass is 10.3. The van der Waals surface area contributed by atoms with Crippen LogP contribution < -0.4 is 5.32 Å². The van der Waals surface area contributed by atoms with Gasteiger partial charge in [0.15, 0.2) is 5.69 Å². The Labute approximate surface area is 98.6 Å². The lowest BCUT2D eigenvalue weighted by molar-refractivity contribution is -0.118. The van der Waals surface area contributed by atoms with Crippen LogP contribution >= 0.6 is 11.6 Å². The van der Waals surface area contributed by atoms with Gasteiger partial charge in [0.25, 0.3) is 0 Å². The molecule has 0 aliphatic carbocycles. The molecule has 0 saturated heterocycles. The normalized spacial score (nSPS) is 9.12. The molecule has 0 atom stereocenters. The Morgan fingerprint density at radius 1 is 1.62 bits per heavy atom. The summed E-state index contributed by atoms with van der Waals surface area (Å²) in [4.78, 5) is 14.4. The van der Waals surface area contributed by atoms with Crippen LogP contribution in [0.3, 0.4) is 0 Å². The van der Waals surface area contributed by atoms with Gasteiger partial charge in [-0.25, -0.2) is 4.98 Å². The Kier molecular flexibility index (Phi) is 4.62. The van der Waals surface area contributed by atoms with Crippen molar-refractivity contribution in [2.45, 2.75) is 13.3 Å². The predicted molar refractivity (Wildman–Crippen MR) is 61.1 cm³/mol. The molecule has 0 aromatic carbocycles. The first-order chi connectivity index (χ1) is 7.59. The second-order valence-corrected chi connectivity index (χ2v) is 3.42. The lowest BCUT2D eigenvalue weighted by Gasteiger charge is -1.96. The lowest BCUT2D eigenvalue weighted by Crippen LogP contribution is -2.20. The Balaban J connectivity index is 2.56. The second kappa shape index (κ2) is 5.99. The van der Waals surface area contributed by atoms with E-state index < -0.39 is 0 Å². The molecule has 0 fully saturated rings. The molecule has 0 spiro atoms. The molecule has 0 unspecified atom stereocenters. The Morgan fingerprint density at radius 3 is 3.06 bits per heavy atom. The number of rotatable bonds is 2. The number of nitrogens with one attached hydrogen (secondary N) is 1. The van der Waals surface area contributed by atoms with Gasteiger partial charge in [0.1, 0.15) is 10.9 Å². The number of aromatic nitrogens is 1. The average Bonchev–Trinajstić information content (AvgIpc) is 2.22. The summed E-state index contributed by atoms with van der Waals surface area (Å²) in [5.41, 5.74) is 0.246. The highest BCUT2D eigenvalue weighted by atomic mass is 35.5. The molecule has 4 nitrogen and oxygen atoms in total. The SMILES string of the molecule is CC(=O)NCCC#Cc1nc(Cl)ccc1O. The van der Waals surface area contributed by atoms with Gasteiger partial charge in [0.05, 0.1) is 0 Å². The zero-order valence-electron chi connectivity index (χ0n) is 8.75. The summed E-state index contributed by atoms with van der Waals surface area (Å²) in [6.07, 6.45) is 0.493. The van der Waals surface area contributed by atoms with E-state index in [9.17, 15) is 9.90 Å². The van der Waals surface area contributed by atoms with Crippen molar-refractivity contribution in [3.63, 3.8) is 0 Å². The number of hydrogen-bond donors (Lipinski definition) is 2. The van der Waals surface area contributed by atoms with Gasteiger partial charge in [0.2, 0.25) is 5.91 Å². The highest BCUT2D eigenvalue weighted by Crippen LogP contribution is 2.15. The maximum Gasteiger partial charge on any atom is 0.216 e. The van der Waals surface area contributed by atoms with Gasteiger partial charge in [-0.1, -0.05) is 17.5 Å². The number of aromatic hydroxyl groups is 1. The molecule has 1 aromatic heterocycles. The van der Waals surface area contributed by atoms with Crippen molar-refractivity contribution in [1.29, 1.82) is 0 Å². The third-order valence-electron chi connectivity index (χ3n) is 1.67. The number of carbonyl (C=O) groups excluding carboxylic acids is 1. The van der Waals surface area contributed by atoms with E-state index in [1.165, 1.54) is 19.1 Å². The van der Waals surface area contributed by atoms with E-state index in [2.05, 4.69) is 22.1 Å². The van der Waals surface area contributed by atoms with E-state index in [-0.39, 0.29) is 22.5 Å². The minimum absolute atomic E-state index is 0.00331. The van der Waals surface area contributed by atoms with Crippen LogP contribution in [0.1, 0.15) is 19.0 Å². The van der Waals surface area contributed by atoms with E-state index in [1.54, 1.807) is 0 Å². The first-order valence-corrected chi connectivity index (χ1v) is 5.06. The van der Waals surface area contributed by atoms with Crippen LogP contribution in [0.25, 0.3) is 0 Å². The fourth-order valence-corrected chi connectivity index (χ4v) is 1.11. The quantitative estimate of drug-likeness (QED) is 0.464. The number of amides is 1. The summed E-state index contributed by atoms with van der Waals surface area (Å²) in [7, 11) is 0. The van der Waals surface area contributed by atoms with Crippen LogP contribution in [0.15, 0.2) is 12.1 Å². The molecule has 0 aliphatic heterocycles. The largest absolute Gasteiger partial charge is 0.505 e. The van der Waals surface area contributed by atoms with E-state index in [0.717, 1.165) is 0 Å². The van der Waals surface area contributed by atoms with Crippen molar-refractivity contribution >= 4 is 17.5 Å². The van der Waals surface area contributed by atoms with Crippen molar-refractivity contribution in [3.05, 3.63) is 23.0 Å². The molecule has 2 N–H and O–H groups in total. The summed E-state index contributed by atoms with van der Waals surface area (Å²) >= 11 is 5.65. The van der Waals surface area contributed by atoms with Crippen molar-refractivity contribution in [2.24, 2.45) is 0 Å². The summed E-state index contributed by atoms with van der Waals surface area (Å²) < 4.78 is 0. The Morgan fingerprint density at radius 2 is 2.38 bits per heavy atom. The van der Waals surface area contributed by atoms with Gasteiger partial charge < -0.3 is 10.4 Å². The van der Waals surface area contributed by atoms with Crippen LogP contribution in [0.5, 0.6) is 5.75 Å². The standard InChI is InChI=1S/C11H11ClN2O2/c1-8(15)13-7-3-2-4-9-10(16)5-6-11(12)14-9/h5-6,16H,3,7H2,1H3,(H,13,15). The molecule has 16 heavy (non-hydrogen) atoms. The van der Waals surface area contributed by atoms with E-state index in [1.807, 2.05) is 0 Å². The van der Waals surface area contributed by atoms with E-state index in [0.29, 0.717) is 13.0 Å². The zero-order chi connectivity index (χ0) is 12.0. The third-order valence-corrected chi connectivity index (χ3v) is 1.88. The van der Waals surface area contributed by atoms with Crippen LogP contribution in [-0.2, 0) is 4.79 Å². The summed E-state index contributed by atoms with van der Waals surface area (Å²) in [5.74, 6) is 5.36. The van der Waals surface area contributed by atoms with Gasteiger partial charge in [0, 0.05) is 19.9 Å². The van der Waals surface area contributed by atoms with Gasteiger partial charge in [-0.2, -0.15) is 0 Å². The van der Waals surface area contributed by atoms with Crippen LogP contribution in [0.4, 0.5) is 0 Å². The molecule has 84 valence electrons. The first kappa shape index (κ1) is 12.3. The monoisotopic (exact) mass is 238 g/mol. The fraction of sp³-hybridized carbons (Fsp3) is 0.273. The molecule has 0 saturated carbocycles. The molecule has 5 heteroatoms.